The average Bonchev–Trinajstić information content (AvgIpc) is 2.79. The Hall–Kier alpha value is -2.57. The van der Waals surface area contributed by atoms with Crippen LogP contribution in [-0.2, 0) is 17.8 Å². The van der Waals surface area contributed by atoms with Crippen LogP contribution in [0.1, 0.15) is 11.1 Å². The molecule has 2 N–H and O–H groups in total. The summed E-state index contributed by atoms with van der Waals surface area (Å²) in [7, 11) is 1.81. The molecule has 0 saturated carbocycles. The molecule has 0 aliphatic carbocycles. The molecule has 0 aromatic heterocycles. The summed E-state index contributed by atoms with van der Waals surface area (Å²) in [4.78, 5) is 6.71. The summed E-state index contributed by atoms with van der Waals surface area (Å²) in [6.07, 6.45) is 0.934. The van der Waals surface area contributed by atoms with Crippen molar-refractivity contribution in [2.24, 2.45) is 4.99 Å². The van der Waals surface area contributed by atoms with Gasteiger partial charge in [0.1, 0.15) is 12.4 Å². The van der Waals surface area contributed by atoms with Gasteiger partial charge in [-0.1, -0.05) is 42.5 Å². The van der Waals surface area contributed by atoms with Crippen molar-refractivity contribution in [1.82, 2.24) is 15.5 Å². The zero-order valence-electron chi connectivity index (χ0n) is 17.3. The van der Waals surface area contributed by atoms with Gasteiger partial charge in [0.05, 0.1) is 13.2 Å². The summed E-state index contributed by atoms with van der Waals surface area (Å²) in [6, 6.07) is 18.5. The Morgan fingerprint density at radius 3 is 2.41 bits per heavy atom. The van der Waals surface area contributed by atoms with Gasteiger partial charge in [-0.25, -0.2) is 0 Å². The molecule has 29 heavy (non-hydrogen) atoms. The Morgan fingerprint density at radius 2 is 1.69 bits per heavy atom. The molecule has 0 spiro atoms. The first-order chi connectivity index (χ1) is 14.3. The van der Waals surface area contributed by atoms with Crippen molar-refractivity contribution in [3.63, 3.8) is 0 Å². The van der Waals surface area contributed by atoms with Crippen molar-refractivity contribution < 1.29 is 9.47 Å². The molecule has 6 nitrogen and oxygen atoms in total. The number of hydrogen-bond acceptors (Lipinski definition) is 4. The van der Waals surface area contributed by atoms with Crippen molar-refractivity contribution in [1.29, 1.82) is 0 Å². The average molecular weight is 397 g/mol. The van der Waals surface area contributed by atoms with Gasteiger partial charge in [-0.05, 0) is 29.7 Å². The van der Waals surface area contributed by atoms with Crippen LogP contribution in [0.15, 0.2) is 59.6 Å². The SMILES string of the molecule is CN=C(NCCc1ccc(OCc2ccccc2)cc1)NCCN1CCOCC1. The Balaban J connectivity index is 1.32. The van der Waals surface area contributed by atoms with E-state index >= 15 is 0 Å². The highest BCUT2D eigenvalue weighted by molar-refractivity contribution is 5.79. The van der Waals surface area contributed by atoms with E-state index in [2.05, 4.69) is 44.8 Å². The summed E-state index contributed by atoms with van der Waals surface area (Å²) in [5.74, 6) is 1.74. The van der Waals surface area contributed by atoms with Gasteiger partial charge in [0.25, 0.3) is 0 Å². The third-order valence-electron chi connectivity index (χ3n) is 4.93. The predicted molar refractivity (Wildman–Crippen MR) is 118 cm³/mol. The highest BCUT2D eigenvalue weighted by atomic mass is 16.5. The van der Waals surface area contributed by atoms with Gasteiger partial charge in [0.15, 0.2) is 5.96 Å². The molecule has 0 bridgehead atoms. The van der Waals surface area contributed by atoms with Crippen LogP contribution in [0.5, 0.6) is 5.75 Å². The minimum Gasteiger partial charge on any atom is -0.489 e. The lowest BCUT2D eigenvalue weighted by Crippen LogP contribution is -2.44. The molecule has 1 fully saturated rings. The molecular weight excluding hydrogens is 364 g/mol. The van der Waals surface area contributed by atoms with Crippen LogP contribution < -0.4 is 15.4 Å². The Morgan fingerprint density at radius 1 is 0.966 bits per heavy atom. The van der Waals surface area contributed by atoms with Gasteiger partial charge in [0, 0.05) is 39.8 Å². The molecule has 0 unspecified atom stereocenters. The van der Waals surface area contributed by atoms with Crippen LogP contribution in [0.2, 0.25) is 0 Å². The summed E-state index contributed by atoms with van der Waals surface area (Å²) in [6.45, 7) is 7.01. The van der Waals surface area contributed by atoms with E-state index in [0.29, 0.717) is 6.61 Å². The Bertz CT molecular complexity index is 728. The van der Waals surface area contributed by atoms with Crippen LogP contribution in [0.4, 0.5) is 0 Å². The van der Waals surface area contributed by atoms with Crippen molar-refractivity contribution >= 4 is 5.96 Å². The van der Waals surface area contributed by atoms with Crippen LogP contribution in [-0.4, -0.2) is 63.8 Å². The lowest BCUT2D eigenvalue weighted by molar-refractivity contribution is 0.0389. The predicted octanol–water partition coefficient (Wildman–Crippen LogP) is 2.31. The standard InChI is InChI=1S/C23H32N4O2/c1-24-23(26-13-14-27-15-17-28-18-16-27)25-12-11-20-7-9-22(10-8-20)29-19-21-5-3-2-4-6-21/h2-10H,11-19H2,1H3,(H2,24,25,26). The number of aliphatic imine (C=N–C) groups is 1. The molecule has 156 valence electrons. The topological polar surface area (TPSA) is 58.1 Å². The fourth-order valence-corrected chi connectivity index (χ4v) is 3.20. The fraction of sp³-hybridized carbons (Fsp3) is 0.435. The Labute approximate surface area is 173 Å². The molecule has 0 radical (unpaired) electrons. The molecule has 1 saturated heterocycles. The molecule has 1 aliphatic heterocycles. The molecule has 1 aliphatic rings. The maximum Gasteiger partial charge on any atom is 0.191 e. The van der Waals surface area contributed by atoms with E-state index in [1.165, 1.54) is 11.1 Å². The number of nitrogens with one attached hydrogen (secondary N) is 2. The highest BCUT2D eigenvalue weighted by Crippen LogP contribution is 2.14. The molecule has 2 aromatic rings. The molecule has 3 rings (SSSR count). The summed E-state index contributed by atoms with van der Waals surface area (Å²) < 4.78 is 11.2. The molecule has 6 heteroatoms. The number of guanidine groups is 1. The quantitative estimate of drug-likeness (QED) is 0.503. The maximum absolute atomic E-state index is 5.84. The second kappa shape index (κ2) is 12.1. The maximum atomic E-state index is 5.84. The third-order valence-corrected chi connectivity index (χ3v) is 4.93. The van der Waals surface area contributed by atoms with Crippen LogP contribution in [0, 0.1) is 0 Å². The number of morpholine rings is 1. The van der Waals surface area contributed by atoms with Gasteiger partial charge in [-0.15, -0.1) is 0 Å². The van der Waals surface area contributed by atoms with Crippen LogP contribution in [0.3, 0.4) is 0 Å². The second-order valence-corrected chi connectivity index (χ2v) is 7.05. The number of benzene rings is 2. The van der Waals surface area contributed by atoms with Crippen LogP contribution >= 0.6 is 0 Å². The fourth-order valence-electron chi connectivity index (χ4n) is 3.20. The first-order valence-corrected chi connectivity index (χ1v) is 10.3. The largest absolute Gasteiger partial charge is 0.489 e. The molecule has 0 amide bonds. The molecule has 1 heterocycles. The summed E-state index contributed by atoms with van der Waals surface area (Å²) >= 11 is 0. The zero-order chi connectivity index (χ0) is 20.2. The Kier molecular flexibility index (Phi) is 8.82. The molecule has 0 atom stereocenters. The third kappa shape index (κ3) is 7.75. The lowest BCUT2D eigenvalue weighted by Gasteiger charge is -2.26. The highest BCUT2D eigenvalue weighted by Gasteiger charge is 2.09. The second-order valence-electron chi connectivity index (χ2n) is 7.05. The lowest BCUT2D eigenvalue weighted by atomic mass is 10.1. The van der Waals surface area contributed by atoms with Gasteiger partial charge < -0.3 is 20.1 Å². The van der Waals surface area contributed by atoms with E-state index in [-0.39, 0.29) is 0 Å². The van der Waals surface area contributed by atoms with Crippen molar-refractivity contribution in [2.75, 3.05) is 53.0 Å². The van der Waals surface area contributed by atoms with Gasteiger partial charge in [-0.2, -0.15) is 0 Å². The summed E-state index contributed by atoms with van der Waals surface area (Å²) in [5, 5.41) is 6.76. The number of ether oxygens (including phenoxy) is 2. The normalized spacial score (nSPS) is 15.1. The van der Waals surface area contributed by atoms with Gasteiger partial charge in [-0.3, -0.25) is 9.89 Å². The first kappa shape index (κ1) is 21.1. The first-order valence-electron chi connectivity index (χ1n) is 10.3. The smallest absolute Gasteiger partial charge is 0.191 e. The van der Waals surface area contributed by atoms with Crippen molar-refractivity contribution in [3.8, 4) is 5.75 Å². The zero-order valence-corrected chi connectivity index (χ0v) is 17.3. The van der Waals surface area contributed by atoms with E-state index in [0.717, 1.165) is 64.1 Å². The van der Waals surface area contributed by atoms with E-state index in [1.807, 2.05) is 37.4 Å². The van der Waals surface area contributed by atoms with E-state index in [4.69, 9.17) is 9.47 Å². The van der Waals surface area contributed by atoms with Gasteiger partial charge in [0.2, 0.25) is 0 Å². The van der Waals surface area contributed by atoms with E-state index in [9.17, 15) is 0 Å². The van der Waals surface area contributed by atoms with E-state index in [1.54, 1.807) is 0 Å². The monoisotopic (exact) mass is 396 g/mol. The number of rotatable bonds is 9. The number of nitrogens with zero attached hydrogens (tertiary/aromatic N) is 2. The minimum absolute atomic E-state index is 0.591. The molecule has 2 aromatic carbocycles. The van der Waals surface area contributed by atoms with E-state index < -0.39 is 0 Å². The number of hydrogen-bond donors (Lipinski definition) is 2. The minimum atomic E-state index is 0.591. The van der Waals surface area contributed by atoms with Crippen molar-refractivity contribution in [2.45, 2.75) is 13.0 Å². The van der Waals surface area contributed by atoms with Crippen molar-refractivity contribution in [3.05, 3.63) is 65.7 Å². The van der Waals surface area contributed by atoms with Gasteiger partial charge >= 0.3 is 0 Å². The molecular formula is C23H32N4O2. The summed E-state index contributed by atoms with van der Waals surface area (Å²) in [5.41, 5.74) is 2.45. The van der Waals surface area contributed by atoms with Crippen LogP contribution in [0.25, 0.3) is 0 Å².